The second-order valence-corrected chi connectivity index (χ2v) is 7.38. The maximum Gasteiger partial charge on any atom is 0.179 e. The summed E-state index contributed by atoms with van der Waals surface area (Å²) in [6, 6.07) is 9.93. The van der Waals surface area contributed by atoms with Crippen LogP contribution >= 0.6 is 35.6 Å². The number of imidazole rings is 1. The number of halogens is 3. The lowest BCUT2D eigenvalue weighted by Crippen LogP contribution is -1.95. The third-order valence-electron chi connectivity index (χ3n) is 4.86. The standard InChI is InChI=1S/C21H19Cl2N3O2.ClH/c1-25-10-16(23)14-7-12(5-6-17(14)25)20-19(24-11-26(20)2)13-8-15(22)21(28-4)18(9-13)27-3;/h5-11H,1-4H3;1H. The number of hydrogen-bond acceptors (Lipinski definition) is 3. The van der Waals surface area contributed by atoms with E-state index in [-0.39, 0.29) is 12.4 Å². The highest BCUT2D eigenvalue weighted by Crippen LogP contribution is 2.41. The molecular formula is C21H20Cl3N3O2. The monoisotopic (exact) mass is 451 g/mol. The number of aryl methyl sites for hydroxylation is 2. The number of methoxy groups -OCH3 is 2. The summed E-state index contributed by atoms with van der Waals surface area (Å²) in [6.07, 6.45) is 3.69. The first-order valence-corrected chi connectivity index (χ1v) is 9.38. The van der Waals surface area contributed by atoms with E-state index in [4.69, 9.17) is 32.7 Å². The van der Waals surface area contributed by atoms with Crippen molar-refractivity contribution in [3.05, 3.63) is 52.9 Å². The molecule has 4 rings (SSSR count). The molecule has 0 fully saturated rings. The molecule has 0 aliphatic carbocycles. The summed E-state index contributed by atoms with van der Waals surface area (Å²) in [5.41, 5.74) is 4.70. The van der Waals surface area contributed by atoms with Gasteiger partial charge >= 0.3 is 0 Å². The van der Waals surface area contributed by atoms with E-state index in [1.165, 1.54) is 0 Å². The number of nitrogens with zero attached hydrogens (tertiary/aromatic N) is 3. The van der Waals surface area contributed by atoms with Crippen LogP contribution in [0.15, 0.2) is 42.9 Å². The molecule has 0 N–H and O–H groups in total. The fraction of sp³-hybridized carbons (Fsp3) is 0.190. The van der Waals surface area contributed by atoms with Crippen molar-refractivity contribution in [3.8, 4) is 34.0 Å². The van der Waals surface area contributed by atoms with Gasteiger partial charge in [-0.15, -0.1) is 12.4 Å². The molecular weight excluding hydrogens is 433 g/mol. The second-order valence-electron chi connectivity index (χ2n) is 6.57. The van der Waals surface area contributed by atoms with Gasteiger partial charge in [-0.25, -0.2) is 4.98 Å². The molecule has 4 aromatic rings. The number of fused-ring (bicyclic) bond motifs is 1. The van der Waals surface area contributed by atoms with Crippen LogP contribution in [0.1, 0.15) is 0 Å². The first-order chi connectivity index (χ1) is 13.4. The molecule has 0 aliphatic heterocycles. The van der Waals surface area contributed by atoms with E-state index >= 15 is 0 Å². The number of rotatable bonds is 4. The third-order valence-corrected chi connectivity index (χ3v) is 5.44. The van der Waals surface area contributed by atoms with Crippen LogP contribution in [0, 0.1) is 0 Å². The van der Waals surface area contributed by atoms with E-state index < -0.39 is 0 Å². The molecule has 0 atom stereocenters. The van der Waals surface area contributed by atoms with E-state index in [2.05, 4.69) is 23.2 Å². The van der Waals surface area contributed by atoms with Gasteiger partial charge in [-0.2, -0.15) is 0 Å². The van der Waals surface area contributed by atoms with Crippen molar-refractivity contribution in [2.24, 2.45) is 14.1 Å². The van der Waals surface area contributed by atoms with Crippen molar-refractivity contribution in [2.75, 3.05) is 14.2 Å². The number of aromatic nitrogens is 3. The predicted octanol–water partition coefficient (Wildman–Crippen LogP) is 5.99. The topological polar surface area (TPSA) is 41.2 Å². The Morgan fingerprint density at radius 1 is 0.897 bits per heavy atom. The van der Waals surface area contributed by atoms with Gasteiger partial charge in [0.2, 0.25) is 0 Å². The van der Waals surface area contributed by atoms with Crippen molar-refractivity contribution in [1.82, 2.24) is 14.1 Å². The van der Waals surface area contributed by atoms with Crippen LogP contribution in [-0.4, -0.2) is 28.3 Å². The van der Waals surface area contributed by atoms with E-state index in [9.17, 15) is 0 Å². The molecule has 0 bridgehead atoms. The highest BCUT2D eigenvalue weighted by Gasteiger charge is 2.19. The minimum atomic E-state index is 0. The largest absolute Gasteiger partial charge is 0.493 e. The highest BCUT2D eigenvalue weighted by atomic mass is 35.5. The van der Waals surface area contributed by atoms with Crippen LogP contribution in [-0.2, 0) is 14.1 Å². The zero-order valence-corrected chi connectivity index (χ0v) is 18.7. The van der Waals surface area contributed by atoms with E-state index in [1.54, 1.807) is 20.5 Å². The molecule has 0 saturated heterocycles. The average Bonchev–Trinajstić information content (AvgIpc) is 3.20. The summed E-state index contributed by atoms with van der Waals surface area (Å²) in [5, 5.41) is 2.19. The van der Waals surface area contributed by atoms with Gasteiger partial charge in [-0.3, -0.25) is 0 Å². The maximum absolute atomic E-state index is 6.41. The minimum absolute atomic E-state index is 0. The lowest BCUT2D eigenvalue weighted by atomic mass is 10.0. The lowest BCUT2D eigenvalue weighted by Gasteiger charge is -2.12. The predicted molar refractivity (Wildman–Crippen MR) is 121 cm³/mol. The van der Waals surface area contributed by atoms with Gasteiger partial charge < -0.3 is 18.6 Å². The van der Waals surface area contributed by atoms with Gasteiger partial charge in [0.15, 0.2) is 11.5 Å². The molecule has 152 valence electrons. The third kappa shape index (κ3) is 3.54. The Hall–Kier alpha value is -2.34. The molecule has 0 radical (unpaired) electrons. The fourth-order valence-corrected chi connectivity index (χ4v) is 4.11. The molecule has 5 nitrogen and oxygen atoms in total. The summed E-state index contributed by atoms with van der Waals surface area (Å²) >= 11 is 12.8. The lowest BCUT2D eigenvalue weighted by molar-refractivity contribution is 0.355. The van der Waals surface area contributed by atoms with Gasteiger partial charge in [0, 0.05) is 42.3 Å². The highest BCUT2D eigenvalue weighted by molar-refractivity contribution is 6.35. The van der Waals surface area contributed by atoms with Crippen LogP contribution in [0.3, 0.4) is 0 Å². The molecule has 0 aliphatic rings. The van der Waals surface area contributed by atoms with Crippen LogP contribution in [0.5, 0.6) is 11.5 Å². The van der Waals surface area contributed by atoms with Crippen molar-refractivity contribution >= 4 is 46.5 Å². The van der Waals surface area contributed by atoms with Crippen LogP contribution < -0.4 is 9.47 Å². The minimum Gasteiger partial charge on any atom is -0.493 e. The molecule has 0 spiro atoms. The molecule has 2 aromatic heterocycles. The smallest absolute Gasteiger partial charge is 0.179 e. The van der Waals surface area contributed by atoms with Crippen LogP contribution in [0.25, 0.3) is 33.4 Å². The first kappa shape index (κ1) is 21.4. The molecule has 2 aromatic carbocycles. The summed E-state index contributed by atoms with van der Waals surface area (Å²) < 4.78 is 14.8. The van der Waals surface area contributed by atoms with E-state index in [0.29, 0.717) is 16.5 Å². The fourth-order valence-electron chi connectivity index (χ4n) is 3.53. The number of benzene rings is 2. The molecule has 0 amide bonds. The Morgan fingerprint density at radius 3 is 2.34 bits per heavy atom. The summed E-state index contributed by atoms with van der Waals surface area (Å²) in [4.78, 5) is 4.61. The van der Waals surface area contributed by atoms with Gasteiger partial charge in [0.1, 0.15) is 0 Å². The maximum atomic E-state index is 6.41. The molecule has 29 heavy (non-hydrogen) atoms. The van der Waals surface area contributed by atoms with Crippen molar-refractivity contribution < 1.29 is 9.47 Å². The number of ether oxygens (including phenoxy) is 2. The van der Waals surface area contributed by atoms with E-state index in [0.717, 1.165) is 38.4 Å². The van der Waals surface area contributed by atoms with E-state index in [1.807, 2.05) is 41.6 Å². The summed E-state index contributed by atoms with van der Waals surface area (Å²) in [6.45, 7) is 0. The van der Waals surface area contributed by atoms with Gasteiger partial charge in [0.25, 0.3) is 0 Å². The summed E-state index contributed by atoms with van der Waals surface area (Å²) in [7, 11) is 7.09. The molecule has 0 unspecified atom stereocenters. The van der Waals surface area contributed by atoms with Crippen molar-refractivity contribution in [1.29, 1.82) is 0 Å². The van der Waals surface area contributed by atoms with Gasteiger partial charge in [-0.1, -0.05) is 29.3 Å². The zero-order valence-electron chi connectivity index (χ0n) is 16.4. The van der Waals surface area contributed by atoms with Gasteiger partial charge in [-0.05, 0) is 24.3 Å². The quantitative estimate of drug-likeness (QED) is 0.382. The van der Waals surface area contributed by atoms with Crippen LogP contribution in [0.4, 0.5) is 0 Å². The molecule has 0 saturated carbocycles. The Labute approximate surface area is 185 Å². The zero-order chi connectivity index (χ0) is 20.0. The average molecular weight is 453 g/mol. The Kier molecular flexibility index (Phi) is 6.03. The molecule has 8 heteroatoms. The normalized spacial score (nSPS) is 10.8. The van der Waals surface area contributed by atoms with Crippen molar-refractivity contribution in [3.63, 3.8) is 0 Å². The summed E-state index contributed by atoms with van der Waals surface area (Å²) in [5.74, 6) is 1.06. The Bertz CT molecular complexity index is 1200. The SMILES string of the molecule is COc1cc(-c2ncn(C)c2-c2ccc3c(c2)c(Cl)cn3C)cc(Cl)c1OC.Cl. The second kappa shape index (κ2) is 8.19. The number of hydrogen-bond donors (Lipinski definition) is 0. The van der Waals surface area contributed by atoms with Gasteiger partial charge in [0.05, 0.1) is 42.0 Å². The first-order valence-electron chi connectivity index (χ1n) is 8.62. The Morgan fingerprint density at radius 2 is 1.66 bits per heavy atom. The molecule has 2 heterocycles. The Balaban J connectivity index is 0.00000240. The van der Waals surface area contributed by atoms with Crippen LogP contribution in [0.2, 0.25) is 10.0 Å². The van der Waals surface area contributed by atoms with Crippen molar-refractivity contribution in [2.45, 2.75) is 0 Å².